The second kappa shape index (κ2) is 14.2. The van der Waals surface area contributed by atoms with E-state index in [1.165, 1.54) is 10.5 Å². The lowest BCUT2D eigenvalue weighted by atomic mass is 10.0. The normalized spacial score (nSPS) is 21.3. The summed E-state index contributed by atoms with van der Waals surface area (Å²) in [5.74, 6) is 1.07. The van der Waals surface area contributed by atoms with Gasteiger partial charge in [0.25, 0.3) is 5.91 Å². The molecular formula is C38H42N6O5S. The van der Waals surface area contributed by atoms with E-state index in [1.54, 1.807) is 27.0 Å². The van der Waals surface area contributed by atoms with Gasteiger partial charge in [-0.15, -0.1) is 0 Å². The third kappa shape index (κ3) is 6.58. The number of imidazole rings is 1. The van der Waals surface area contributed by atoms with Gasteiger partial charge in [0.1, 0.15) is 17.2 Å². The van der Waals surface area contributed by atoms with E-state index in [9.17, 15) is 18.0 Å². The lowest BCUT2D eigenvalue weighted by molar-refractivity contribution is 0.0725. The molecule has 2 fully saturated rings. The van der Waals surface area contributed by atoms with Crippen molar-refractivity contribution < 1.29 is 17.9 Å². The number of aromatic nitrogens is 2. The minimum atomic E-state index is -3.87. The molecule has 2 unspecified atom stereocenters. The number of benzene rings is 3. The predicted molar refractivity (Wildman–Crippen MR) is 194 cm³/mol. The van der Waals surface area contributed by atoms with E-state index >= 15 is 0 Å². The number of carbonyl (C=O) groups excluding carboxylic acids is 1. The summed E-state index contributed by atoms with van der Waals surface area (Å²) < 4.78 is 39.0. The van der Waals surface area contributed by atoms with Gasteiger partial charge in [0.15, 0.2) is 4.87 Å². The van der Waals surface area contributed by atoms with Gasteiger partial charge in [0, 0.05) is 57.5 Å². The average molecular weight is 695 g/mol. The monoisotopic (exact) mass is 694 g/mol. The average Bonchev–Trinajstić information content (AvgIpc) is 3.44. The molecule has 0 aliphatic carbocycles. The van der Waals surface area contributed by atoms with Gasteiger partial charge >= 0.3 is 5.69 Å². The Hall–Kier alpha value is -4.78. The van der Waals surface area contributed by atoms with Crippen LogP contribution in [0, 0.1) is 0 Å². The van der Waals surface area contributed by atoms with Crippen molar-refractivity contribution in [2.75, 3.05) is 39.3 Å². The third-order valence-corrected chi connectivity index (χ3v) is 12.1. The van der Waals surface area contributed by atoms with Crippen molar-refractivity contribution >= 4 is 22.1 Å². The number of ether oxygens (including phenoxy) is 1. The van der Waals surface area contributed by atoms with E-state index in [1.807, 2.05) is 91.0 Å². The molecule has 0 bridgehead atoms. The first-order valence-electron chi connectivity index (χ1n) is 17.2. The first-order valence-corrected chi connectivity index (χ1v) is 18.6. The minimum Gasteiger partial charge on any atom is -0.457 e. The molecule has 1 aromatic heterocycles. The van der Waals surface area contributed by atoms with Gasteiger partial charge in [-0.25, -0.2) is 13.2 Å². The highest BCUT2D eigenvalue weighted by molar-refractivity contribution is 7.90. The number of para-hydroxylation sites is 1. The zero-order valence-electron chi connectivity index (χ0n) is 28.1. The lowest BCUT2D eigenvalue weighted by Gasteiger charge is -2.38. The smallest absolute Gasteiger partial charge is 0.329 e. The maximum Gasteiger partial charge on any atom is 0.329 e. The quantitative estimate of drug-likeness (QED) is 0.266. The number of piperidine rings is 1. The molecule has 2 atom stereocenters. The molecule has 3 aliphatic heterocycles. The molecule has 12 heteroatoms. The van der Waals surface area contributed by atoms with Crippen molar-refractivity contribution in [3.63, 3.8) is 0 Å². The number of nitrogens with zero attached hydrogens (tertiary/aromatic N) is 5. The highest BCUT2D eigenvalue weighted by atomic mass is 32.2. The molecule has 3 aromatic carbocycles. The van der Waals surface area contributed by atoms with Crippen LogP contribution in [0.3, 0.4) is 0 Å². The number of rotatable bonds is 9. The summed E-state index contributed by atoms with van der Waals surface area (Å²) in [4.78, 5) is 34.3. The summed E-state index contributed by atoms with van der Waals surface area (Å²) in [7, 11) is -3.87. The third-order valence-electron chi connectivity index (χ3n) is 9.73. The Labute approximate surface area is 292 Å². The van der Waals surface area contributed by atoms with Crippen LogP contribution in [0.5, 0.6) is 11.5 Å². The summed E-state index contributed by atoms with van der Waals surface area (Å²) in [6.45, 7) is 4.53. The SMILES string of the molecule is CC1(S(=O)(=O)N2CCCC(n3c(-c4ccccc4)c(C(=O)N4CCNCC4)n(Cc4cccc(Oc5ccccc5)c4)c3=O)C2)CC=CC=N1. The van der Waals surface area contributed by atoms with Crippen LogP contribution in [0.25, 0.3) is 11.3 Å². The number of hydrogen-bond donors (Lipinski definition) is 1. The second-order valence-electron chi connectivity index (χ2n) is 13.2. The fourth-order valence-electron chi connectivity index (χ4n) is 7.07. The van der Waals surface area contributed by atoms with E-state index < -0.39 is 20.9 Å². The largest absolute Gasteiger partial charge is 0.457 e. The molecule has 4 aromatic rings. The van der Waals surface area contributed by atoms with Gasteiger partial charge in [-0.2, -0.15) is 4.31 Å². The van der Waals surface area contributed by atoms with E-state index in [4.69, 9.17) is 4.74 Å². The van der Waals surface area contributed by atoms with Crippen molar-refractivity contribution in [3.05, 3.63) is 119 Å². The zero-order chi connectivity index (χ0) is 34.7. The number of carbonyl (C=O) groups is 1. The van der Waals surface area contributed by atoms with Gasteiger partial charge in [-0.05, 0) is 55.7 Å². The summed E-state index contributed by atoms with van der Waals surface area (Å²) in [5.41, 5.74) is 1.95. The maximum atomic E-state index is 14.9. The Balaban J connectivity index is 1.34. The van der Waals surface area contributed by atoms with Gasteiger partial charge in [0.2, 0.25) is 10.0 Å². The molecule has 4 heterocycles. The van der Waals surface area contributed by atoms with Crippen molar-refractivity contribution in [2.24, 2.45) is 4.99 Å². The molecule has 1 amide bonds. The summed E-state index contributed by atoms with van der Waals surface area (Å²) >= 11 is 0. The minimum absolute atomic E-state index is 0.0998. The van der Waals surface area contributed by atoms with Crippen LogP contribution in [0.4, 0.5) is 0 Å². The van der Waals surface area contributed by atoms with Crippen LogP contribution in [-0.4, -0.2) is 83.0 Å². The molecule has 260 valence electrons. The fraction of sp³-hybridized carbons (Fsp3) is 0.342. The van der Waals surface area contributed by atoms with E-state index in [0.29, 0.717) is 68.5 Å². The zero-order valence-corrected chi connectivity index (χ0v) is 29.0. The lowest BCUT2D eigenvalue weighted by Crippen LogP contribution is -2.50. The molecule has 3 aliphatic rings. The van der Waals surface area contributed by atoms with Crippen LogP contribution < -0.4 is 15.7 Å². The topological polar surface area (TPSA) is 118 Å². The van der Waals surface area contributed by atoms with Gasteiger partial charge in [0.05, 0.1) is 18.3 Å². The first kappa shape index (κ1) is 33.7. The van der Waals surface area contributed by atoms with E-state index in [0.717, 1.165) is 11.1 Å². The number of nitrogens with one attached hydrogen (secondary N) is 1. The number of aliphatic imine (C=N–C) groups is 1. The fourth-order valence-corrected chi connectivity index (χ4v) is 8.87. The number of amides is 1. The van der Waals surface area contributed by atoms with Crippen LogP contribution in [0.1, 0.15) is 48.3 Å². The number of piperazine rings is 1. The Bertz CT molecular complexity index is 2070. The Morgan fingerprint density at radius 2 is 1.68 bits per heavy atom. The van der Waals surface area contributed by atoms with Crippen LogP contribution in [0.15, 0.2) is 107 Å². The number of sulfonamides is 1. The van der Waals surface area contributed by atoms with Crippen molar-refractivity contribution in [3.8, 4) is 22.8 Å². The molecule has 2 saturated heterocycles. The molecular weight excluding hydrogens is 653 g/mol. The van der Waals surface area contributed by atoms with E-state index in [-0.39, 0.29) is 31.1 Å². The van der Waals surface area contributed by atoms with Crippen molar-refractivity contribution in [1.82, 2.24) is 23.7 Å². The predicted octanol–water partition coefficient (Wildman–Crippen LogP) is 4.92. The second-order valence-corrected chi connectivity index (χ2v) is 15.5. The van der Waals surface area contributed by atoms with Crippen LogP contribution >= 0.6 is 0 Å². The molecule has 50 heavy (non-hydrogen) atoms. The van der Waals surface area contributed by atoms with Crippen molar-refractivity contribution in [2.45, 2.75) is 43.6 Å². The van der Waals surface area contributed by atoms with Crippen LogP contribution in [-0.2, 0) is 16.6 Å². The molecule has 1 N–H and O–H groups in total. The Morgan fingerprint density at radius 3 is 2.40 bits per heavy atom. The van der Waals surface area contributed by atoms with E-state index in [2.05, 4.69) is 10.3 Å². The van der Waals surface area contributed by atoms with Crippen LogP contribution in [0.2, 0.25) is 0 Å². The number of allylic oxidation sites excluding steroid dienone is 1. The summed E-state index contributed by atoms with van der Waals surface area (Å²) in [6.07, 6.45) is 6.52. The Morgan fingerprint density at radius 1 is 0.960 bits per heavy atom. The van der Waals surface area contributed by atoms with Gasteiger partial charge < -0.3 is 15.0 Å². The molecule has 0 radical (unpaired) electrons. The molecule has 7 rings (SSSR count). The highest BCUT2D eigenvalue weighted by Gasteiger charge is 2.45. The summed E-state index contributed by atoms with van der Waals surface area (Å²) in [6, 6.07) is 26.0. The van der Waals surface area contributed by atoms with Crippen molar-refractivity contribution in [1.29, 1.82) is 0 Å². The standard InChI is InChI=1S/C38H42N6O5S/c1-38(19-8-9-20-40-38)50(47,48)42-23-11-15-31(28-42)44-34(30-13-4-2-5-14-30)35(36(45)41-24-21-39-22-25-41)43(37(44)46)27-29-12-10-18-33(26-29)49-32-16-6-3-7-17-32/h2-10,12-14,16-18,20,26,31,39H,11,15,19,21-25,27-28H2,1H3. The molecule has 0 saturated carbocycles. The Kier molecular flexibility index (Phi) is 9.58. The molecule has 0 spiro atoms. The maximum absolute atomic E-state index is 14.9. The highest BCUT2D eigenvalue weighted by Crippen LogP contribution is 2.36. The molecule has 11 nitrogen and oxygen atoms in total. The number of hydrogen-bond acceptors (Lipinski definition) is 7. The first-order chi connectivity index (χ1) is 24.2. The van der Waals surface area contributed by atoms with Gasteiger partial charge in [-0.3, -0.25) is 18.9 Å². The van der Waals surface area contributed by atoms with Gasteiger partial charge in [-0.1, -0.05) is 66.7 Å². The summed E-state index contributed by atoms with van der Waals surface area (Å²) in [5, 5.41) is 3.31. The number of dihydropyridines is 1.